The summed E-state index contributed by atoms with van der Waals surface area (Å²) in [6.45, 7) is 1.76. The Morgan fingerprint density at radius 1 is 1.25 bits per heavy atom. The molecule has 0 bridgehead atoms. The Morgan fingerprint density at radius 2 is 1.94 bits per heavy atom. The number of rotatable bonds is 2. The maximum Gasteiger partial charge on any atom is 0.168 e. The van der Waals surface area contributed by atoms with Crippen molar-refractivity contribution in [3.63, 3.8) is 0 Å². The molecule has 88 valence electrons. The van der Waals surface area contributed by atoms with E-state index < -0.39 is 11.6 Å². The number of piperidine rings is 1. The fraction of sp³-hybridized carbons (Fsp3) is 0.500. The molecule has 0 atom stereocenters. The van der Waals surface area contributed by atoms with Crippen molar-refractivity contribution < 1.29 is 13.5 Å². The van der Waals surface area contributed by atoms with E-state index in [0.29, 0.717) is 5.56 Å². The first-order chi connectivity index (χ1) is 7.72. The third kappa shape index (κ3) is 2.16. The van der Waals surface area contributed by atoms with Gasteiger partial charge in [0.15, 0.2) is 11.6 Å². The number of methoxy groups -OCH3 is 1. The molecule has 4 heteroatoms. The Morgan fingerprint density at radius 3 is 2.56 bits per heavy atom. The first-order valence-corrected chi connectivity index (χ1v) is 5.46. The van der Waals surface area contributed by atoms with Crippen LogP contribution in [0.25, 0.3) is 0 Å². The molecular formula is C12H15F2NO. The van der Waals surface area contributed by atoms with Crippen molar-refractivity contribution in [2.24, 2.45) is 0 Å². The van der Waals surface area contributed by atoms with Gasteiger partial charge in [-0.05, 0) is 37.9 Å². The first kappa shape index (κ1) is 11.3. The lowest BCUT2D eigenvalue weighted by Gasteiger charge is -2.24. The minimum Gasteiger partial charge on any atom is -0.493 e. The molecule has 0 saturated carbocycles. The second-order valence-corrected chi connectivity index (χ2v) is 4.03. The predicted octanol–water partition coefficient (Wildman–Crippen LogP) is 2.44. The minimum absolute atomic E-state index is 0.182. The van der Waals surface area contributed by atoms with Gasteiger partial charge in [0.1, 0.15) is 5.82 Å². The van der Waals surface area contributed by atoms with Crippen LogP contribution in [0.1, 0.15) is 24.3 Å². The molecule has 0 spiro atoms. The number of halogens is 2. The van der Waals surface area contributed by atoms with E-state index in [1.54, 1.807) is 0 Å². The number of benzene rings is 1. The minimum atomic E-state index is -0.615. The van der Waals surface area contributed by atoms with Crippen LogP contribution in [-0.2, 0) is 0 Å². The summed E-state index contributed by atoms with van der Waals surface area (Å²) < 4.78 is 31.7. The zero-order valence-corrected chi connectivity index (χ0v) is 9.22. The van der Waals surface area contributed by atoms with E-state index in [2.05, 4.69) is 5.32 Å². The molecule has 1 aromatic rings. The average molecular weight is 227 g/mol. The second kappa shape index (κ2) is 4.78. The van der Waals surface area contributed by atoms with Crippen LogP contribution in [0.3, 0.4) is 0 Å². The molecular weight excluding hydrogens is 212 g/mol. The van der Waals surface area contributed by atoms with Gasteiger partial charge in [-0.15, -0.1) is 0 Å². The van der Waals surface area contributed by atoms with E-state index in [0.717, 1.165) is 32.0 Å². The van der Waals surface area contributed by atoms with Crippen LogP contribution < -0.4 is 10.1 Å². The topological polar surface area (TPSA) is 21.3 Å². The maximum atomic E-state index is 13.5. The van der Waals surface area contributed by atoms with Crippen molar-refractivity contribution in [2.75, 3.05) is 20.2 Å². The van der Waals surface area contributed by atoms with E-state index in [1.165, 1.54) is 13.2 Å². The highest BCUT2D eigenvalue weighted by molar-refractivity contribution is 5.38. The van der Waals surface area contributed by atoms with Crippen LogP contribution >= 0.6 is 0 Å². The van der Waals surface area contributed by atoms with Crippen molar-refractivity contribution in [3.8, 4) is 5.75 Å². The fourth-order valence-corrected chi connectivity index (χ4v) is 2.23. The van der Waals surface area contributed by atoms with Gasteiger partial charge in [0, 0.05) is 11.6 Å². The van der Waals surface area contributed by atoms with Gasteiger partial charge in [0.05, 0.1) is 7.11 Å². The molecule has 1 aliphatic rings. The van der Waals surface area contributed by atoms with Gasteiger partial charge in [0.25, 0.3) is 0 Å². The Balaban J connectivity index is 2.36. The van der Waals surface area contributed by atoms with E-state index >= 15 is 0 Å². The molecule has 1 aliphatic heterocycles. The molecule has 0 aromatic heterocycles. The number of nitrogens with one attached hydrogen (secondary N) is 1. The van der Waals surface area contributed by atoms with E-state index in [9.17, 15) is 8.78 Å². The summed E-state index contributed by atoms with van der Waals surface area (Å²) in [5.41, 5.74) is 0.654. The molecule has 16 heavy (non-hydrogen) atoms. The van der Waals surface area contributed by atoms with Crippen LogP contribution in [0.15, 0.2) is 12.1 Å². The highest BCUT2D eigenvalue weighted by atomic mass is 19.1. The number of hydrogen-bond donors (Lipinski definition) is 1. The first-order valence-electron chi connectivity index (χ1n) is 5.46. The summed E-state index contributed by atoms with van der Waals surface area (Å²) in [5, 5.41) is 3.22. The monoisotopic (exact) mass is 227 g/mol. The van der Waals surface area contributed by atoms with Crippen molar-refractivity contribution in [1.29, 1.82) is 0 Å². The Hall–Kier alpha value is -1.16. The van der Waals surface area contributed by atoms with E-state index in [1.807, 2.05) is 0 Å². The molecule has 1 fully saturated rings. The van der Waals surface area contributed by atoms with Crippen LogP contribution in [-0.4, -0.2) is 20.2 Å². The van der Waals surface area contributed by atoms with Crippen molar-refractivity contribution in [3.05, 3.63) is 29.3 Å². The van der Waals surface area contributed by atoms with Crippen LogP contribution in [0, 0.1) is 11.6 Å². The number of ether oxygens (including phenoxy) is 1. The summed E-state index contributed by atoms with van der Waals surface area (Å²) in [6.07, 6.45) is 1.78. The lowest BCUT2D eigenvalue weighted by Crippen LogP contribution is -2.27. The van der Waals surface area contributed by atoms with Gasteiger partial charge >= 0.3 is 0 Å². The van der Waals surface area contributed by atoms with Crippen LogP contribution in [0.5, 0.6) is 5.75 Å². The molecule has 0 aliphatic carbocycles. The predicted molar refractivity (Wildman–Crippen MR) is 57.8 cm³/mol. The highest BCUT2D eigenvalue weighted by Gasteiger charge is 2.22. The molecule has 0 amide bonds. The lowest BCUT2D eigenvalue weighted by atomic mass is 9.89. The Kier molecular flexibility index (Phi) is 3.39. The van der Waals surface area contributed by atoms with E-state index in [4.69, 9.17) is 4.74 Å². The Labute approximate surface area is 93.6 Å². The van der Waals surface area contributed by atoms with Crippen LogP contribution in [0.4, 0.5) is 8.78 Å². The standard InChI is InChI=1S/C12H15F2NO/c1-16-12-10(6-9(13)7-11(12)14)8-2-4-15-5-3-8/h6-8,15H,2-5H2,1H3. The second-order valence-electron chi connectivity index (χ2n) is 4.03. The third-order valence-corrected chi connectivity index (χ3v) is 3.02. The molecule has 0 radical (unpaired) electrons. The number of hydrogen-bond acceptors (Lipinski definition) is 2. The third-order valence-electron chi connectivity index (χ3n) is 3.02. The molecule has 1 saturated heterocycles. The van der Waals surface area contributed by atoms with Crippen LogP contribution in [0.2, 0.25) is 0 Å². The summed E-state index contributed by atoms with van der Waals surface area (Å²) >= 11 is 0. The molecule has 1 aromatic carbocycles. The van der Waals surface area contributed by atoms with Gasteiger partial charge < -0.3 is 10.1 Å². The molecule has 0 unspecified atom stereocenters. The van der Waals surface area contributed by atoms with Gasteiger partial charge in [-0.25, -0.2) is 8.78 Å². The summed E-state index contributed by atoms with van der Waals surface area (Å²) in [4.78, 5) is 0. The summed E-state index contributed by atoms with van der Waals surface area (Å²) in [5.74, 6) is -0.780. The smallest absolute Gasteiger partial charge is 0.168 e. The molecule has 1 heterocycles. The molecule has 2 nitrogen and oxygen atoms in total. The van der Waals surface area contributed by atoms with Crippen molar-refractivity contribution in [2.45, 2.75) is 18.8 Å². The quantitative estimate of drug-likeness (QED) is 0.837. The molecule has 1 N–H and O–H groups in total. The fourth-order valence-electron chi connectivity index (χ4n) is 2.23. The van der Waals surface area contributed by atoms with Gasteiger partial charge in [-0.1, -0.05) is 0 Å². The SMILES string of the molecule is COc1c(F)cc(F)cc1C1CCNCC1. The zero-order valence-electron chi connectivity index (χ0n) is 9.22. The lowest BCUT2D eigenvalue weighted by molar-refractivity contribution is 0.365. The van der Waals surface area contributed by atoms with Gasteiger partial charge in [0.2, 0.25) is 0 Å². The van der Waals surface area contributed by atoms with Crippen molar-refractivity contribution in [1.82, 2.24) is 5.32 Å². The Bertz CT molecular complexity index is 376. The zero-order chi connectivity index (χ0) is 11.5. The van der Waals surface area contributed by atoms with Gasteiger partial charge in [-0.2, -0.15) is 0 Å². The summed E-state index contributed by atoms with van der Waals surface area (Å²) in [6, 6.07) is 2.25. The van der Waals surface area contributed by atoms with Crippen molar-refractivity contribution >= 4 is 0 Å². The maximum absolute atomic E-state index is 13.5. The molecule has 2 rings (SSSR count). The van der Waals surface area contributed by atoms with Gasteiger partial charge in [-0.3, -0.25) is 0 Å². The largest absolute Gasteiger partial charge is 0.493 e. The highest BCUT2D eigenvalue weighted by Crippen LogP contribution is 2.34. The summed E-state index contributed by atoms with van der Waals surface area (Å²) in [7, 11) is 1.42. The average Bonchev–Trinajstić information content (AvgIpc) is 2.29. The van der Waals surface area contributed by atoms with E-state index in [-0.39, 0.29) is 11.7 Å². The normalized spacial score (nSPS) is 17.4.